The molecule has 0 aliphatic rings. The van der Waals surface area contributed by atoms with Gasteiger partial charge in [-0.2, -0.15) is 0 Å². The fraction of sp³-hybridized carbons (Fsp3) is 0.727. The van der Waals surface area contributed by atoms with E-state index < -0.39 is 0 Å². The minimum absolute atomic E-state index is 0.293. The van der Waals surface area contributed by atoms with Gasteiger partial charge in [0.15, 0.2) is 0 Å². The Morgan fingerprint density at radius 2 is 2.07 bits per heavy atom. The minimum atomic E-state index is -0.293. The van der Waals surface area contributed by atoms with Crippen LogP contribution in [0.5, 0.6) is 0 Å². The zero-order valence-corrected chi connectivity index (χ0v) is 9.50. The van der Waals surface area contributed by atoms with Crippen LogP contribution < -0.4 is 0 Å². The highest BCUT2D eigenvalue weighted by atomic mass is 16.5. The van der Waals surface area contributed by atoms with Crippen LogP contribution in [0.1, 0.15) is 33.6 Å². The standard InChI is InChI=1S/C11H20O3/c1-5-9(3)7-10(8-14-6-2)11(12)13-4/h8-9H,5-7H2,1-4H3. The molecular formula is C11H20O3. The molecule has 0 aromatic heterocycles. The Morgan fingerprint density at radius 3 is 2.50 bits per heavy atom. The van der Waals surface area contributed by atoms with Crippen molar-refractivity contribution in [3.05, 3.63) is 11.8 Å². The van der Waals surface area contributed by atoms with Gasteiger partial charge < -0.3 is 9.47 Å². The summed E-state index contributed by atoms with van der Waals surface area (Å²) in [6, 6.07) is 0. The summed E-state index contributed by atoms with van der Waals surface area (Å²) in [5.41, 5.74) is 0.615. The first-order chi connectivity index (χ1) is 6.65. The van der Waals surface area contributed by atoms with Gasteiger partial charge in [0.05, 0.1) is 25.6 Å². The lowest BCUT2D eigenvalue weighted by Gasteiger charge is -2.10. The quantitative estimate of drug-likeness (QED) is 0.375. The zero-order valence-electron chi connectivity index (χ0n) is 9.50. The molecule has 3 nitrogen and oxygen atoms in total. The molecule has 0 bridgehead atoms. The number of ether oxygens (including phenoxy) is 2. The van der Waals surface area contributed by atoms with Gasteiger partial charge in [-0.15, -0.1) is 0 Å². The Balaban J connectivity index is 4.32. The molecule has 3 heteroatoms. The fourth-order valence-corrected chi connectivity index (χ4v) is 1.01. The van der Waals surface area contributed by atoms with E-state index in [4.69, 9.17) is 4.74 Å². The van der Waals surface area contributed by atoms with Crippen LogP contribution in [0.15, 0.2) is 11.8 Å². The van der Waals surface area contributed by atoms with E-state index in [-0.39, 0.29) is 5.97 Å². The van der Waals surface area contributed by atoms with E-state index in [1.807, 2.05) is 6.92 Å². The average molecular weight is 200 g/mol. The van der Waals surface area contributed by atoms with Gasteiger partial charge in [-0.1, -0.05) is 20.3 Å². The number of esters is 1. The van der Waals surface area contributed by atoms with Crippen LogP contribution in [0.25, 0.3) is 0 Å². The highest BCUT2D eigenvalue weighted by Crippen LogP contribution is 2.15. The van der Waals surface area contributed by atoms with Crippen LogP contribution in [0, 0.1) is 5.92 Å². The molecule has 1 atom stereocenters. The predicted molar refractivity (Wildman–Crippen MR) is 55.8 cm³/mol. The van der Waals surface area contributed by atoms with E-state index in [1.165, 1.54) is 13.4 Å². The summed E-state index contributed by atoms with van der Waals surface area (Å²) in [4.78, 5) is 11.3. The van der Waals surface area contributed by atoms with E-state index in [0.29, 0.717) is 24.5 Å². The first kappa shape index (κ1) is 13.0. The zero-order chi connectivity index (χ0) is 11.0. The topological polar surface area (TPSA) is 35.5 Å². The third-order valence-corrected chi connectivity index (χ3v) is 2.11. The monoisotopic (exact) mass is 200 g/mol. The van der Waals surface area contributed by atoms with E-state index in [9.17, 15) is 4.79 Å². The second-order valence-electron chi connectivity index (χ2n) is 3.31. The normalized spacial score (nSPS) is 13.6. The minimum Gasteiger partial charge on any atom is -0.501 e. The summed E-state index contributed by atoms with van der Waals surface area (Å²) in [5, 5.41) is 0. The molecule has 0 fully saturated rings. The molecule has 0 rings (SSSR count). The molecule has 0 aliphatic carbocycles. The van der Waals surface area contributed by atoms with Crippen LogP contribution in [-0.4, -0.2) is 19.7 Å². The summed E-state index contributed by atoms with van der Waals surface area (Å²) < 4.78 is 9.77. The van der Waals surface area contributed by atoms with Crippen LogP contribution >= 0.6 is 0 Å². The van der Waals surface area contributed by atoms with Crippen LogP contribution in [0.2, 0.25) is 0 Å². The molecule has 0 N–H and O–H groups in total. The van der Waals surface area contributed by atoms with E-state index in [1.54, 1.807) is 0 Å². The molecule has 0 radical (unpaired) electrons. The van der Waals surface area contributed by atoms with E-state index in [0.717, 1.165) is 6.42 Å². The van der Waals surface area contributed by atoms with E-state index in [2.05, 4.69) is 18.6 Å². The largest absolute Gasteiger partial charge is 0.501 e. The Bertz CT molecular complexity index is 197. The number of rotatable bonds is 6. The molecule has 0 aromatic rings. The van der Waals surface area contributed by atoms with E-state index >= 15 is 0 Å². The van der Waals surface area contributed by atoms with Gasteiger partial charge in [0, 0.05) is 0 Å². The van der Waals surface area contributed by atoms with Crippen molar-refractivity contribution in [2.75, 3.05) is 13.7 Å². The van der Waals surface area contributed by atoms with Gasteiger partial charge >= 0.3 is 5.97 Å². The van der Waals surface area contributed by atoms with Crippen molar-refractivity contribution in [3.8, 4) is 0 Å². The second kappa shape index (κ2) is 7.42. The highest BCUT2D eigenvalue weighted by molar-refractivity contribution is 5.88. The van der Waals surface area contributed by atoms with Crippen LogP contribution in [-0.2, 0) is 14.3 Å². The molecule has 1 unspecified atom stereocenters. The molecule has 0 amide bonds. The summed E-state index contributed by atoms with van der Waals surface area (Å²) in [6.07, 6.45) is 3.27. The average Bonchev–Trinajstić information content (AvgIpc) is 2.22. The molecule has 0 spiro atoms. The Labute approximate surface area is 86.1 Å². The molecule has 0 saturated heterocycles. The highest BCUT2D eigenvalue weighted by Gasteiger charge is 2.13. The first-order valence-corrected chi connectivity index (χ1v) is 5.04. The second-order valence-corrected chi connectivity index (χ2v) is 3.31. The first-order valence-electron chi connectivity index (χ1n) is 5.04. The molecular weight excluding hydrogens is 180 g/mol. The molecule has 0 saturated carbocycles. The number of carbonyl (C=O) groups excluding carboxylic acids is 1. The maximum absolute atomic E-state index is 11.3. The Kier molecular flexibility index (Phi) is 6.89. The molecule has 82 valence electrons. The van der Waals surface area contributed by atoms with Crippen LogP contribution in [0.4, 0.5) is 0 Å². The summed E-state index contributed by atoms with van der Waals surface area (Å²) in [5.74, 6) is 0.180. The van der Waals surface area contributed by atoms with Gasteiger partial charge in [0.2, 0.25) is 0 Å². The lowest BCUT2D eigenvalue weighted by Crippen LogP contribution is -2.09. The third kappa shape index (κ3) is 4.90. The lowest BCUT2D eigenvalue weighted by molar-refractivity contribution is -0.136. The summed E-state index contributed by atoms with van der Waals surface area (Å²) in [7, 11) is 1.39. The molecule has 0 aromatic carbocycles. The van der Waals surface area contributed by atoms with Gasteiger partial charge in [0.25, 0.3) is 0 Å². The number of hydrogen-bond acceptors (Lipinski definition) is 3. The van der Waals surface area contributed by atoms with Gasteiger partial charge in [0.1, 0.15) is 0 Å². The Hall–Kier alpha value is -0.990. The van der Waals surface area contributed by atoms with Gasteiger partial charge in [-0.3, -0.25) is 0 Å². The van der Waals surface area contributed by atoms with Crippen molar-refractivity contribution < 1.29 is 14.3 Å². The van der Waals surface area contributed by atoms with Gasteiger partial charge in [-0.05, 0) is 19.3 Å². The number of methoxy groups -OCH3 is 1. The van der Waals surface area contributed by atoms with Crippen molar-refractivity contribution in [2.24, 2.45) is 5.92 Å². The van der Waals surface area contributed by atoms with Crippen molar-refractivity contribution in [2.45, 2.75) is 33.6 Å². The molecule has 0 heterocycles. The maximum atomic E-state index is 11.3. The summed E-state index contributed by atoms with van der Waals surface area (Å²) in [6.45, 7) is 6.65. The summed E-state index contributed by atoms with van der Waals surface area (Å²) >= 11 is 0. The van der Waals surface area contributed by atoms with Crippen molar-refractivity contribution in [1.82, 2.24) is 0 Å². The predicted octanol–water partition coefficient (Wildman–Crippen LogP) is 2.52. The third-order valence-electron chi connectivity index (χ3n) is 2.11. The molecule has 14 heavy (non-hydrogen) atoms. The molecule has 0 aliphatic heterocycles. The van der Waals surface area contributed by atoms with Crippen molar-refractivity contribution in [1.29, 1.82) is 0 Å². The smallest absolute Gasteiger partial charge is 0.336 e. The Morgan fingerprint density at radius 1 is 1.43 bits per heavy atom. The fourth-order valence-electron chi connectivity index (χ4n) is 1.01. The van der Waals surface area contributed by atoms with Crippen LogP contribution in [0.3, 0.4) is 0 Å². The van der Waals surface area contributed by atoms with Crippen molar-refractivity contribution >= 4 is 5.97 Å². The van der Waals surface area contributed by atoms with Crippen molar-refractivity contribution in [3.63, 3.8) is 0 Å². The number of carbonyl (C=O) groups is 1. The van der Waals surface area contributed by atoms with Gasteiger partial charge in [-0.25, -0.2) is 4.79 Å². The SMILES string of the molecule is CCOC=C(CC(C)CC)C(=O)OC. The maximum Gasteiger partial charge on any atom is 0.336 e. The lowest BCUT2D eigenvalue weighted by atomic mass is 10.00. The number of hydrogen-bond donors (Lipinski definition) is 0.